The van der Waals surface area contributed by atoms with Crippen molar-refractivity contribution in [3.05, 3.63) is 120 Å². The molecule has 0 saturated heterocycles. The Hall–Kier alpha value is -1.19. The van der Waals surface area contributed by atoms with E-state index in [4.69, 9.17) is 0 Å². The second kappa shape index (κ2) is 13.0. The normalized spacial score (nSPS) is 18.5. The summed E-state index contributed by atoms with van der Waals surface area (Å²) in [5.41, 5.74) is 3.33. The molecule has 0 spiro atoms. The molecule has 0 heterocycles. The smallest absolute Gasteiger partial charge is 1.00 e. The van der Waals surface area contributed by atoms with E-state index in [2.05, 4.69) is 116 Å². The number of rotatable bonds is 4. The molecule has 0 bridgehead atoms. The second-order valence-electron chi connectivity index (χ2n) is 8.38. The van der Waals surface area contributed by atoms with Gasteiger partial charge in [-0.15, -0.1) is 12.2 Å². The molecule has 3 aromatic carbocycles. The van der Waals surface area contributed by atoms with Gasteiger partial charge < -0.3 is 37.2 Å². The molecule has 1 fully saturated rings. The van der Waals surface area contributed by atoms with Crippen LogP contribution in [0.2, 0.25) is 0 Å². The van der Waals surface area contributed by atoms with E-state index in [0.29, 0.717) is 11.8 Å². The molecule has 1 saturated carbocycles. The van der Waals surface area contributed by atoms with E-state index in [-0.39, 0.29) is 58.9 Å². The molecular formula is C28H27Cl3SiTi. The van der Waals surface area contributed by atoms with E-state index in [0.717, 1.165) is 0 Å². The van der Waals surface area contributed by atoms with Crippen molar-refractivity contribution in [2.75, 3.05) is 0 Å². The summed E-state index contributed by atoms with van der Waals surface area (Å²) in [7, 11) is -2.35. The van der Waals surface area contributed by atoms with E-state index in [1.807, 2.05) is 0 Å². The Bertz CT molecular complexity index is 942. The Labute approximate surface area is 233 Å². The molecule has 5 rings (SSSR count). The van der Waals surface area contributed by atoms with Gasteiger partial charge in [0.05, 0.1) is 8.07 Å². The van der Waals surface area contributed by atoms with Gasteiger partial charge in [0.1, 0.15) is 0 Å². The molecule has 5 heteroatoms. The maximum absolute atomic E-state index is 2.46. The number of benzene rings is 3. The van der Waals surface area contributed by atoms with Crippen molar-refractivity contribution < 1.29 is 58.9 Å². The zero-order valence-electron chi connectivity index (χ0n) is 18.6. The van der Waals surface area contributed by atoms with E-state index in [9.17, 15) is 0 Å². The van der Waals surface area contributed by atoms with Crippen LogP contribution in [-0.2, 0) is 21.7 Å². The summed E-state index contributed by atoms with van der Waals surface area (Å²) < 4.78 is 0. The maximum atomic E-state index is 2.46. The number of hydrogen-bond donors (Lipinski definition) is 0. The molecule has 2 unspecified atom stereocenters. The van der Waals surface area contributed by atoms with Crippen LogP contribution < -0.4 is 52.8 Å². The van der Waals surface area contributed by atoms with Gasteiger partial charge in [0.2, 0.25) is 0 Å². The second-order valence-corrected chi connectivity index (χ2v) is 12.2. The molecule has 0 N–H and O–H groups in total. The van der Waals surface area contributed by atoms with Crippen LogP contribution in [0.15, 0.2) is 115 Å². The molecule has 2 aliphatic carbocycles. The van der Waals surface area contributed by atoms with Crippen LogP contribution in [0.5, 0.6) is 0 Å². The molecule has 0 amide bonds. The van der Waals surface area contributed by atoms with E-state index in [1.54, 1.807) is 11.1 Å². The largest absolute Gasteiger partial charge is 4.00 e. The fraction of sp³-hybridized carbons (Fsp3) is 0.179. The molecule has 0 radical (unpaired) electrons. The zero-order valence-corrected chi connectivity index (χ0v) is 23.4. The van der Waals surface area contributed by atoms with Gasteiger partial charge in [0.15, 0.2) is 0 Å². The molecule has 0 aliphatic heterocycles. The molecule has 0 aromatic heterocycles. The van der Waals surface area contributed by atoms with E-state index in [1.165, 1.54) is 28.4 Å². The summed E-state index contributed by atoms with van der Waals surface area (Å²) in [6.45, 7) is 2.46. The summed E-state index contributed by atoms with van der Waals surface area (Å²) >= 11 is 0. The average molecular weight is 546 g/mol. The monoisotopic (exact) mass is 544 g/mol. The summed E-state index contributed by atoms with van der Waals surface area (Å²) in [4.78, 5) is 0. The van der Waals surface area contributed by atoms with Gasteiger partial charge in [0, 0.05) is 0 Å². The maximum Gasteiger partial charge on any atom is 4.00 e. The first-order valence-electron chi connectivity index (χ1n) is 10.7. The van der Waals surface area contributed by atoms with Crippen molar-refractivity contribution in [1.82, 2.24) is 0 Å². The minimum absolute atomic E-state index is 0. The summed E-state index contributed by atoms with van der Waals surface area (Å²) in [5, 5.41) is 4.49. The van der Waals surface area contributed by atoms with Crippen molar-refractivity contribution in [1.29, 1.82) is 0 Å². The number of halogens is 3. The predicted molar refractivity (Wildman–Crippen MR) is 126 cm³/mol. The van der Waals surface area contributed by atoms with Crippen LogP contribution in [0, 0.1) is 17.4 Å². The number of allylic oxidation sites excluding steroid dienone is 4. The Kier molecular flexibility index (Phi) is 11.8. The Morgan fingerprint density at radius 1 is 0.697 bits per heavy atom. The van der Waals surface area contributed by atoms with Crippen molar-refractivity contribution >= 4 is 23.6 Å². The van der Waals surface area contributed by atoms with Crippen molar-refractivity contribution in [2.24, 2.45) is 11.8 Å². The van der Waals surface area contributed by atoms with E-state index < -0.39 is 8.07 Å². The minimum Gasteiger partial charge on any atom is -1.00 e. The quantitative estimate of drug-likeness (QED) is 0.177. The fourth-order valence-electron chi connectivity index (χ4n) is 5.66. The van der Waals surface area contributed by atoms with Gasteiger partial charge in [-0.2, -0.15) is 5.54 Å². The topological polar surface area (TPSA) is 0 Å². The van der Waals surface area contributed by atoms with Crippen LogP contribution in [0.1, 0.15) is 19.8 Å². The van der Waals surface area contributed by atoms with Crippen LogP contribution >= 0.6 is 0 Å². The first kappa shape index (κ1) is 29.8. The van der Waals surface area contributed by atoms with Gasteiger partial charge in [-0.05, 0) is 12.3 Å². The van der Waals surface area contributed by atoms with Crippen LogP contribution in [0.4, 0.5) is 0 Å². The summed E-state index contributed by atoms with van der Waals surface area (Å²) in [6, 6.07) is 34.0. The first-order valence-corrected chi connectivity index (χ1v) is 12.7. The van der Waals surface area contributed by atoms with Gasteiger partial charge in [-0.1, -0.05) is 126 Å². The van der Waals surface area contributed by atoms with Crippen molar-refractivity contribution in [2.45, 2.75) is 19.8 Å². The molecule has 2 atom stereocenters. The third-order valence-electron chi connectivity index (χ3n) is 6.74. The number of hydrogen-bond acceptors (Lipinski definition) is 0. The van der Waals surface area contributed by atoms with Crippen LogP contribution in [0.3, 0.4) is 0 Å². The third kappa shape index (κ3) is 5.25. The molecule has 33 heavy (non-hydrogen) atoms. The van der Waals surface area contributed by atoms with Gasteiger partial charge in [-0.25, -0.2) is 11.6 Å². The molecular weight excluding hydrogens is 519 g/mol. The Balaban J connectivity index is 0.00000136. The SMILES string of the molecule is CC1CC2CC=CC=C2[C-]1[Si](c1ccccc1)(c1ccccc1)c1ccccc1.[Cl-].[Cl-].[Cl-].[Ti+4]. The van der Waals surface area contributed by atoms with E-state index >= 15 is 0 Å². The van der Waals surface area contributed by atoms with Crippen LogP contribution in [-0.4, -0.2) is 8.07 Å². The van der Waals surface area contributed by atoms with Gasteiger partial charge in [-0.3, -0.25) is 0 Å². The molecule has 3 aromatic rings. The Morgan fingerprint density at radius 2 is 1.12 bits per heavy atom. The molecule has 2 aliphatic rings. The molecule has 168 valence electrons. The summed E-state index contributed by atoms with van der Waals surface area (Å²) in [5.74, 6) is 1.27. The van der Waals surface area contributed by atoms with Crippen LogP contribution in [0.25, 0.3) is 0 Å². The minimum atomic E-state index is -2.35. The van der Waals surface area contributed by atoms with Gasteiger partial charge in [0.25, 0.3) is 0 Å². The third-order valence-corrected chi connectivity index (χ3v) is 11.9. The Morgan fingerprint density at radius 3 is 1.55 bits per heavy atom. The first-order chi connectivity index (χ1) is 14.3. The number of fused-ring (bicyclic) bond motifs is 1. The summed E-state index contributed by atoms with van der Waals surface area (Å²) in [6.07, 6.45) is 9.50. The zero-order chi connectivity index (χ0) is 19.7. The van der Waals surface area contributed by atoms with Gasteiger partial charge >= 0.3 is 21.7 Å². The average Bonchev–Trinajstić information content (AvgIpc) is 3.13. The standard InChI is InChI=1S/C28H27Si.3ClH.Ti/c1-22-21-23-13-11-12-20-27(23)28(22)29(24-14-5-2-6-15-24,25-16-7-3-8-17-25)26-18-9-4-10-19-26;;;;/h2-12,14-20,22-23H,13,21H2,1H3;3*1H;/q-1;;;;+4/p-3. The van der Waals surface area contributed by atoms with Crippen molar-refractivity contribution in [3.63, 3.8) is 0 Å². The van der Waals surface area contributed by atoms with Crippen molar-refractivity contribution in [3.8, 4) is 0 Å². The fourth-order valence-corrected chi connectivity index (χ4v) is 11.2. The predicted octanol–water partition coefficient (Wildman–Crippen LogP) is -4.18. The molecule has 0 nitrogen and oxygen atoms in total.